The van der Waals surface area contributed by atoms with Crippen LogP contribution in [0.3, 0.4) is 0 Å². The number of anilines is 1. The number of H-pyrrole nitrogens is 1. The second-order valence-corrected chi connectivity index (χ2v) is 8.10. The van der Waals surface area contributed by atoms with Gasteiger partial charge in [0, 0.05) is 30.0 Å². The molecule has 0 saturated carbocycles. The minimum atomic E-state index is 0.0743. The maximum atomic E-state index is 12.5. The maximum absolute atomic E-state index is 12.5. The van der Waals surface area contributed by atoms with Gasteiger partial charge >= 0.3 is 0 Å². The first-order chi connectivity index (χ1) is 13.1. The van der Waals surface area contributed by atoms with Crippen molar-refractivity contribution in [1.82, 2.24) is 15.3 Å². The highest BCUT2D eigenvalue weighted by atomic mass is 79.9. The number of carbonyl (C=O) groups is 1. The Morgan fingerprint density at radius 3 is 2.70 bits per heavy atom. The van der Waals surface area contributed by atoms with Gasteiger partial charge in [0.05, 0.1) is 11.0 Å². The standard InChI is InChI=1S/C21H23BrN4O/c1-14-2-4-15(5-3-14)13-23-20(27)16-8-10-26(11-9-16)21-24-18-7-6-17(22)12-19(18)25-21/h2-7,12,16H,8-11,13H2,1H3,(H,23,27)(H,24,25). The molecule has 1 aromatic heterocycles. The van der Waals surface area contributed by atoms with Crippen molar-refractivity contribution in [2.75, 3.05) is 18.0 Å². The number of amides is 1. The van der Waals surface area contributed by atoms with Crippen molar-refractivity contribution in [3.8, 4) is 0 Å². The Kier molecular flexibility index (Phi) is 5.16. The number of carbonyl (C=O) groups excluding carboxylic acids is 1. The van der Waals surface area contributed by atoms with Crippen LogP contribution in [0.25, 0.3) is 11.0 Å². The number of hydrogen-bond donors (Lipinski definition) is 2. The van der Waals surface area contributed by atoms with E-state index in [-0.39, 0.29) is 11.8 Å². The zero-order chi connectivity index (χ0) is 18.8. The van der Waals surface area contributed by atoms with E-state index in [4.69, 9.17) is 0 Å². The van der Waals surface area contributed by atoms with Gasteiger partial charge in [-0.25, -0.2) is 4.98 Å². The lowest BCUT2D eigenvalue weighted by Gasteiger charge is -2.31. The van der Waals surface area contributed by atoms with Crippen LogP contribution in [-0.4, -0.2) is 29.0 Å². The van der Waals surface area contributed by atoms with Crippen LogP contribution in [0.5, 0.6) is 0 Å². The van der Waals surface area contributed by atoms with E-state index in [2.05, 4.69) is 67.3 Å². The third-order valence-electron chi connectivity index (χ3n) is 5.18. The normalized spacial score (nSPS) is 15.3. The van der Waals surface area contributed by atoms with Crippen molar-refractivity contribution < 1.29 is 4.79 Å². The predicted octanol–water partition coefficient (Wildman–Crippen LogP) is 4.17. The average Bonchev–Trinajstić information content (AvgIpc) is 3.10. The molecule has 27 heavy (non-hydrogen) atoms. The van der Waals surface area contributed by atoms with Gasteiger partial charge < -0.3 is 15.2 Å². The Hall–Kier alpha value is -2.34. The molecule has 1 aliphatic heterocycles. The summed E-state index contributed by atoms with van der Waals surface area (Å²) in [5.41, 5.74) is 4.36. The molecule has 0 unspecified atom stereocenters. The molecule has 140 valence electrons. The first-order valence-corrected chi connectivity index (χ1v) is 10.1. The molecule has 0 aliphatic carbocycles. The van der Waals surface area contributed by atoms with Gasteiger partial charge in [0.15, 0.2) is 0 Å². The second kappa shape index (κ2) is 7.72. The number of fused-ring (bicyclic) bond motifs is 1. The molecule has 4 rings (SSSR count). The zero-order valence-electron chi connectivity index (χ0n) is 15.3. The first kappa shape index (κ1) is 18.0. The van der Waals surface area contributed by atoms with Crippen molar-refractivity contribution in [1.29, 1.82) is 0 Å². The number of nitrogens with zero attached hydrogens (tertiary/aromatic N) is 2. The van der Waals surface area contributed by atoms with Crippen molar-refractivity contribution in [3.05, 3.63) is 58.1 Å². The van der Waals surface area contributed by atoms with E-state index in [1.807, 2.05) is 18.2 Å². The van der Waals surface area contributed by atoms with Gasteiger partial charge in [0.1, 0.15) is 0 Å². The summed E-state index contributed by atoms with van der Waals surface area (Å²) in [5, 5.41) is 3.08. The Morgan fingerprint density at radius 2 is 1.96 bits per heavy atom. The number of aromatic amines is 1. The van der Waals surface area contributed by atoms with Gasteiger partial charge in [-0.1, -0.05) is 45.8 Å². The molecule has 0 bridgehead atoms. The summed E-state index contributed by atoms with van der Waals surface area (Å²) in [5.74, 6) is 1.12. The third-order valence-corrected chi connectivity index (χ3v) is 5.68. The monoisotopic (exact) mass is 426 g/mol. The molecular formula is C21H23BrN4O. The summed E-state index contributed by atoms with van der Waals surface area (Å²) in [6, 6.07) is 14.3. The summed E-state index contributed by atoms with van der Waals surface area (Å²) in [7, 11) is 0. The fourth-order valence-electron chi connectivity index (χ4n) is 3.51. The molecule has 5 nitrogen and oxygen atoms in total. The number of hydrogen-bond acceptors (Lipinski definition) is 3. The largest absolute Gasteiger partial charge is 0.352 e. The molecule has 1 fully saturated rings. The summed E-state index contributed by atoms with van der Waals surface area (Å²) in [6.07, 6.45) is 1.70. The lowest BCUT2D eigenvalue weighted by atomic mass is 9.96. The molecule has 0 radical (unpaired) electrons. The van der Waals surface area contributed by atoms with E-state index in [1.165, 1.54) is 5.56 Å². The van der Waals surface area contributed by atoms with E-state index in [0.29, 0.717) is 6.54 Å². The highest BCUT2D eigenvalue weighted by Gasteiger charge is 2.26. The Balaban J connectivity index is 1.32. The van der Waals surface area contributed by atoms with E-state index in [9.17, 15) is 4.79 Å². The second-order valence-electron chi connectivity index (χ2n) is 7.19. The number of aromatic nitrogens is 2. The highest BCUT2D eigenvalue weighted by Crippen LogP contribution is 2.25. The van der Waals surface area contributed by atoms with Crippen molar-refractivity contribution in [2.45, 2.75) is 26.3 Å². The highest BCUT2D eigenvalue weighted by molar-refractivity contribution is 9.10. The quantitative estimate of drug-likeness (QED) is 0.657. The summed E-state index contributed by atoms with van der Waals surface area (Å²) in [4.78, 5) is 22.8. The molecule has 1 aliphatic rings. The lowest BCUT2D eigenvalue weighted by Crippen LogP contribution is -2.40. The van der Waals surface area contributed by atoms with Crippen LogP contribution in [-0.2, 0) is 11.3 Å². The number of piperidine rings is 1. The van der Waals surface area contributed by atoms with Gasteiger partial charge in [-0.15, -0.1) is 0 Å². The smallest absolute Gasteiger partial charge is 0.223 e. The molecule has 2 aromatic carbocycles. The number of halogens is 1. The molecule has 1 saturated heterocycles. The average molecular weight is 427 g/mol. The predicted molar refractivity (Wildman–Crippen MR) is 112 cm³/mol. The Bertz CT molecular complexity index is 942. The molecule has 2 heterocycles. The zero-order valence-corrected chi connectivity index (χ0v) is 16.9. The molecule has 2 N–H and O–H groups in total. The summed E-state index contributed by atoms with van der Waals surface area (Å²) in [6.45, 7) is 4.34. The van der Waals surface area contributed by atoms with Crippen LogP contribution >= 0.6 is 15.9 Å². The van der Waals surface area contributed by atoms with Gasteiger partial charge in [-0.05, 0) is 43.5 Å². The van der Waals surface area contributed by atoms with Crippen LogP contribution in [0.2, 0.25) is 0 Å². The minimum Gasteiger partial charge on any atom is -0.352 e. The Morgan fingerprint density at radius 1 is 1.22 bits per heavy atom. The van der Waals surface area contributed by atoms with Gasteiger partial charge in [0.25, 0.3) is 0 Å². The van der Waals surface area contributed by atoms with Gasteiger partial charge in [-0.2, -0.15) is 0 Å². The van der Waals surface area contributed by atoms with Gasteiger partial charge in [0.2, 0.25) is 11.9 Å². The van der Waals surface area contributed by atoms with Crippen LogP contribution in [0, 0.1) is 12.8 Å². The van der Waals surface area contributed by atoms with E-state index in [1.54, 1.807) is 0 Å². The molecule has 6 heteroatoms. The molecule has 0 atom stereocenters. The number of benzene rings is 2. The van der Waals surface area contributed by atoms with Crippen LogP contribution < -0.4 is 10.2 Å². The molecule has 3 aromatic rings. The van der Waals surface area contributed by atoms with Gasteiger partial charge in [-0.3, -0.25) is 4.79 Å². The van der Waals surface area contributed by atoms with Crippen LogP contribution in [0.1, 0.15) is 24.0 Å². The van der Waals surface area contributed by atoms with E-state index >= 15 is 0 Å². The fraction of sp³-hybridized carbons (Fsp3) is 0.333. The van der Waals surface area contributed by atoms with Crippen LogP contribution in [0.15, 0.2) is 46.9 Å². The fourth-order valence-corrected chi connectivity index (χ4v) is 3.87. The van der Waals surface area contributed by atoms with Crippen LogP contribution in [0.4, 0.5) is 5.95 Å². The van der Waals surface area contributed by atoms with Crippen molar-refractivity contribution in [2.24, 2.45) is 5.92 Å². The number of nitrogens with one attached hydrogen (secondary N) is 2. The summed E-state index contributed by atoms with van der Waals surface area (Å²) >= 11 is 3.49. The molecular weight excluding hydrogens is 404 g/mol. The molecule has 1 amide bonds. The number of imidazole rings is 1. The first-order valence-electron chi connectivity index (χ1n) is 9.32. The maximum Gasteiger partial charge on any atom is 0.223 e. The number of rotatable bonds is 4. The SMILES string of the molecule is Cc1ccc(CNC(=O)C2CCN(c3nc4ccc(Br)cc4[nH]3)CC2)cc1. The molecule has 0 spiro atoms. The Labute approximate surface area is 167 Å². The van der Waals surface area contributed by atoms with Crippen molar-refractivity contribution in [3.63, 3.8) is 0 Å². The third kappa shape index (κ3) is 4.16. The topological polar surface area (TPSA) is 61.0 Å². The number of aryl methyl sites for hydroxylation is 1. The van der Waals surface area contributed by atoms with E-state index in [0.717, 1.165) is 52.9 Å². The van der Waals surface area contributed by atoms with Crippen molar-refractivity contribution >= 4 is 38.8 Å². The minimum absolute atomic E-state index is 0.0743. The lowest BCUT2D eigenvalue weighted by molar-refractivity contribution is -0.125. The summed E-state index contributed by atoms with van der Waals surface area (Å²) < 4.78 is 1.04. The van der Waals surface area contributed by atoms with E-state index < -0.39 is 0 Å².